The maximum Gasteiger partial charge on any atom is 0.416 e. The molecule has 0 bridgehead atoms. The molecule has 0 saturated carbocycles. The Balaban J connectivity index is 1.65. The lowest BCUT2D eigenvalue weighted by atomic mass is 9.96. The molecule has 0 aromatic heterocycles. The van der Waals surface area contributed by atoms with Crippen LogP contribution in [0.2, 0.25) is 0 Å². The van der Waals surface area contributed by atoms with Crippen molar-refractivity contribution in [2.75, 3.05) is 11.9 Å². The zero-order chi connectivity index (χ0) is 27.7. The highest BCUT2D eigenvalue weighted by Gasteiger charge is 2.30. The summed E-state index contributed by atoms with van der Waals surface area (Å²) in [7, 11) is 0. The molecule has 38 heavy (non-hydrogen) atoms. The van der Waals surface area contributed by atoms with Crippen molar-refractivity contribution in [3.63, 3.8) is 0 Å². The number of carboxylic acid groups (broad SMARTS) is 1. The van der Waals surface area contributed by atoms with E-state index in [-0.39, 0.29) is 24.9 Å². The van der Waals surface area contributed by atoms with Crippen molar-refractivity contribution in [3.05, 3.63) is 89.5 Å². The van der Waals surface area contributed by atoms with Gasteiger partial charge in [0.25, 0.3) is 5.91 Å². The summed E-state index contributed by atoms with van der Waals surface area (Å²) >= 11 is 0. The lowest BCUT2D eigenvalue weighted by Gasteiger charge is -2.21. The highest BCUT2D eigenvalue weighted by atomic mass is 19.4. The fourth-order valence-electron chi connectivity index (χ4n) is 4.07. The lowest BCUT2D eigenvalue weighted by molar-refractivity contribution is -0.138. The van der Waals surface area contributed by atoms with Gasteiger partial charge in [-0.1, -0.05) is 50.2 Å². The van der Waals surface area contributed by atoms with Crippen LogP contribution >= 0.6 is 0 Å². The molecule has 0 aliphatic heterocycles. The molecule has 3 rings (SSSR count). The molecule has 0 spiro atoms. The molecule has 0 unspecified atom stereocenters. The highest BCUT2D eigenvalue weighted by Crippen LogP contribution is 2.31. The predicted molar refractivity (Wildman–Crippen MR) is 143 cm³/mol. The number of halogens is 3. The van der Waals surface area contributed by atoms with E-state index in [0.717, 1.165) is 53.8 Å². The summed E-state index contributed by atoms with van der Waals surface area (Å²) in [5, 5.41) is 14.9. The van der Waals surface area contributed by atoms with Crippen molar-refractivity contribution in [1.82, 2.24) is 5.32 Å². The zero-order valence-corrected chi connectivity index (χ0v) is 21.5. The molecular weight excluding hydrogens is 493 g/mol. The second-order valence-electron chi connectivity index (χ2n) is 9.77. The van der Waals surface area contributed by atoms with Gasteiger partial charge in [0.2, 0.25) is 0 Å². The van der Waals surface area contributed by atoms with E-state index in [2.05, 4.69) is 24.5 Å². The van der Waals surface area contributed by atoms with Crippen molar-refractivity contribution < 1.29 is 27.9 Å². The molecule has 1 amide bonds. The van der Waals surface area contributed by atoms with Crippen LogP contribution in [-0.2, 0) is 17.4 Å². The summed E-state index contributed by atoms with van der Waals surface area (Å²) in [4.78, 5) is 22.8. The van der Waals surface area contributed by atoms with Gasteiger partial charge in [0.1, 0.15) is 0 Å². The van der Waals surface area contributed by atoms with E-state index in [1.54, 1.807) is 12.1 Å². The van der Waals surface area contributed by atoms with Crippen molar-refractivity contribution in [2.24, 2.45) is 5.92 Å². The monoisotopic (exact) mass is 526 g/mol. The predicted octanol–water partition coefficient (Wildman–Crippen LogP) is 7.04. The fraction of sp³-hybridized carbons (Fsp3) is 0.333. The van der Waals surface area contributed by atoms with Crippen LogP contribution in [0.15, 0.2) is 72.8 Å². The lowest BCUT2D eigenvalue weighted by Crippen LogP contribution is -2.26. The van der Waals surface area contributed by atoms with Gasteiger partial charge in [-0.15, -0.1) is 0 Å². The number of amides is 1. The molecule has 5 nitrogen and oxygen atoms in total. The Bertz CT molecular complexity index is 1190. The molecule has 3 aromatic carbocycles. The number of carbonyl (C=O) groups excluding carboxylic acids is 1. The Hall–Kier alpha value is -3.81. The third-order valence-corrected chi connectivity index (χ3v) is 6.22. The number of hydrogen-bond donors (Lipinski definition) is 3. The number of carboxylic acids is 1. The summed E-state index contributed by atoms with van der Waals surface area (Å²) in [5.41, 5.74) is 3.36. The van der Waals surface area contributed by atoms with E-state index >= 15 is 0 Å². The van der Waals surface area contributed by atoms with Crippen molar-refractivity contribution in [1.29, 1.82) is 0 Å². The molecular formula is C30H33F3N2O3. The molecule has 8 heteroatoms. The van der Waals surface area contributed by atoms with Gasteiger partial charge in [-0.3, -0.25) is 9.59 Å². The average Bonchev–Trinajstić information content (AvgIpc) is 2.87. The molecule has 1 atom stereocenters. The van der Waals surface area contributed by atoms with E-state index in [1.807, 2.05) is 36.4 Å². The minimum absolute atomic E-state index is 0.0725. The third kappa shape index (κ3) is 8.94. The minimum Gasteiger partial charge on any atom is -0.481 e. The molecule has 0 radical (unpaired) electrons. The maximum absolute atomic E-state index is 12.8. The summed E-state index contributed by atoms with van der Waals surface area (Å²) in [6.07, 6.45) is -1.75. The van der Waals surface area contributed by atoms with Crippen LogP contribution in [0.1, 0.15) is 54.6 Å². The van der Waals surface area contributed by atoms with Gasteiger partial charge < -0.3 is 15.7 Å². The van der Waals surface area contributed by atoms with Gasteiger partial charge in [0.15, 0.2) is 0 Å². The van der Waals surface area contributed by atoms with E-state index < -0.39 is 17.7 Å². The first kappa shape index (κ1) is 28.8. The van der Waals surface area contributed by atoms with Crippen LogP contribution in [0, 0.1) is 5.92 Å². The van der Waals surface area contributed by atoms with Gasteiger partial charge >= 0.3 is 12.1 Å². The summed E-state index contributed by atoms with van der Waals surface area (Å²) in [6, 6.07) is 20.2. The SMILES string of the molecule is CC(C)CC[C@@H](Cc1ccc(-c2ccc(C(F)(F)F)cc2)cc1)Nc1ccc(C(=O)NCCC(=O)O)cc1. The number of aliphatic carboxylic acids is 1. The molecule has 3 aromatic rings. The second kappa shape index (κ2) is 13.1. The molecule has 0 heterocycles. The van der Waals surface area contributed by atoms with Crippen LogP contribution in [0.4, 0.5) is 18.9 Å². The van der Waals surface area contributed by atoms with Crippen molar-refractivity contribution in [2.45, 2.75) is 51.7 Å². The Kier molecular flexibility index (Phi) is 9.93. The number of hydrogen-bond acceptors (Lipinski definition) is 3. The minimum atomic E-state index is -4.35. The summed E-state index contributed by atoms with van der Waals surface area (Å²) in [6.45, 7) is 4.42. The van der Waals surface area contributed by atoms with E-state index in [0.29, 0.717) is 11.5 Å². The van der Waals surface area contributed by atoms with E-state index in [4.69, 9.17) is 5.11 Å². The number of nitrogens with one attached hydrogen (secondary N) is 2. The summed E-state index contributed by atoms with van der Waals surface area (Å²) in [5.74, 6) is -0.743. The zero-order valence-electron chi connectivity index (χ0n) is 21.5. The Morgan fingerprint density at radius 3 is 1.95 bits per heavy atom. The number of anilines is 1. The highest BCUT2D eigenvalue weighted by molar-refractivity contribution is 5.94. The number of carbonyl (C=O) groups is 2. The van der Waals surface area contributed by atoms with Gasteiger partial charge in [0, 0.05) is 23.8 Å². The van der Waals surface area contributed by atoms with Crippen molar-refractivity contribution >= 4 is 17.6 Å². The standard InChI is InChI=1S/C30H33F3N2O3/c1-20(2)3-14-27(35-26-15-10-24(11-16-26)29(38)34-18-17-28(36)37)19-21-4-6-22(7-5-21)23-8-12-25(13-9-23)30(31,32)33/h4-13,15-16,20,27,35H,3,14,17-19H2,1-2H3,(H,34,38)(H,36,37)/t27-/m0/s1. The quantitative estimate of drug-likeness (QED) is 0.237. The van der Waals surface area contributed by atoms with Crippen molar-refractivity contribution in [3.8, 4) is 11.1 Å². The topological polar surface area (TPSA) is 78.4 Å². The van der Waals surface area contributed by atoms with Crippen LogP contribution in [-0.4, -0.2) is 29.6 Å². The van der Waals surface area contributed by atoms with Gasteiger partial charge in [-0.2, -0.15) is 13.2 Å². The average molecular weight is 527 g/mol. The van der Waals surface area contributed by atoms with E-state index in [1.165, 1.54) is 12.1 Å². The number of benzene rings is 3. The van der Waals surface area contributed by atoms with Crippen LogP contribution in [0.3, 0.4) is 0 Å². The first-order chi connectivity index (χ1) is 18.0. The van der Waals surface area contributed by atoms with Gasteiger partial charge in [-0.05, 0) is 78.3 Å². The van der Waals surface area contributed by atoms with Crippen LogP contribution in [0.5, 0.6) is 0 Å². The number of alkyl halides is 3. The van der Waals surface area contributed by atoms with Gasteiger partial charge in [0.05, 0.1) is 12.0 Å². The smallest absolute Gasteiger partial charge is 0.416 e. The summed E-state index contributed by atoms with van der Waals surface area (Å²) < 4.78 is 38.5. The largest absolute Gasteiger partial charge is 0.481 e. The third-order valence-electron chi connectivity index (χ3n) is 6.22. The number of rotatable bonds is 12. The second-order valence-corrected chi connectivity index (χ2v) is 9.77. The normalized spacial score (nSPS) is 12.3. The Labute approximate surface area is 221 Å². The van der Waals surface area contributed by atoms with E-state index in [9.17, 15) is 22.8 Å². The van der Waals surface area contributed by atoms with Gasteiger partial charge in [-0.25, -0.2) is 0 Å². The first-order valence-electron chi connectivity index (χ1n) is 12.6. The first-order valence-corrected chi connectivity index (χ1v) is 12.6. The fourth-order valence-corrected chi connectivity index (χ4v) is 4.07. The molecule has 3 N–H and O–H groups in total. The molecule has 0 saturated heterocycles. The molecule has 0 fully saturated rings. The Morgan fingerprint density at radius 2 is 1.42 bits per heavy atom. The Morgan fingerprint density at radius 1 is 0.842 bits per heavy atom. The molecule has 202 valence electrons. The molecule has 0 aliphatic carbocycles. The van der Waals surface area contributed by atoms with Crippen LogP contribution in [0.25, 0.3) is 11.1 Å². The maximum atomic E-state index is 12.8. The van der Waals surface area contributed by atoms with Crippen LogP contribution < -0.4 is 10.6 Å². The molecule has 0 aliphatic rings.